The Balaban J connectivity index is 1.68. The van der Waals surface area contributed by atoms with E-state index in [1.54, 1.807) is 23.3 Å². The number of halogens is 3. The smallest absolute Gasteiger partial charge is 0.451 e. The molecule has 1 amide bonds. The van der Waals surface area contributed by atoms with Crippen LogP contribution in [0.5, 0.6) is 5.75 Å². The molecule has 1 saturated heterocycles. The Morgan fingerprint density at radius 1 is 1.40 bits per heavy atom. The van der Waals surface area contributed by atoms with Crippen LogP contribution in [0.4, 0.5) is 19.1 Å². The Bertz CT molecular complexity index is 742. The molecule has 1 aliphatic rings. The molecule has 0 radical (unpaired) electrons. The Morgan fingerprint density at radius 3 is 2.88 bits per heavy atom. The zero-order valence-corrected chi connectivity index (χ0v) is 13.0. The van der Waals surface area contributed by atoms with Gasteiger partial charge in [-0.3, -0.25) is 15.2 Å². The fourth-order valence-electron chi connectivity index (χ4n) is 2.35. The molecule has 0 spiro atoms. The highest BCUT2D eigenvalue weighted by Gasteiger charge is 2.35. The van der Waals surface area contributed by atoms with E-state index in [1.165, 1.54) is 6.07 Å². The van der Waals surface area contributed by atoms with Crippen molar-refractivity contribution in [1.82, 2.24) is 15.2 Å². The highest BCUT2D eigenvalue weighted by atomic mass is 19.4. The molecule has 2 aromatic rings. The van der Waals surface area contributed by atoms with Crippen LogP contribution in [0.2, 0.25) is 0 Å². The molecular weight excluding hydrogens is 341 g/mol. The number of aromatic nitrogens is 3. The van der Waals surface area contributed by atoms with E-state index < -0.39 is 23.9 Å². The molecule has 3 rings (SSSR count). The first-order valence-corrected chi connectivity index (χ1v) is 7.58. The van der Waals surface area contributed by atoms with E-state index >= 15 is 0 Å². The number of carbonyl (C=O) groups is 1. The van der Waals surface area contributed by atoms with Crippen molar-refractivity contribution < 1.29 is 27.4 Å². The second-order valence-corrected chi connectivity index (χ2v) is 5.40. The first-order chi connectivity index (χ1) is 11.9. The zero-order chi connectivity index (χ0) is 17.9. The summed E-state index contributed by atoms with van der Waals surface area (Å²) in [5.74, 6) is -2.12. The molecular formula is C15H15F3N4O3. The third-order valence-corrected chi connectivity index (χ3v) is 3.56. The van der Waals surface area contributed by atoms with E-state index in [9.17, 15) is 18.0 Å². The summed E-state index contributed by atoms with van der Waals surface area (Å²) in [7, 11) is 0. The van der Waals surface area contributed by atoms with E-state index in [2.05, 4.69) is 15.4 Å². The van der Waals surface area contributed by atoms with Crippen LogP contribution >= 0.6 is 0 Å². The van der Waals surface area contributed by atoms with Gasteiger partial charge in [0.25, 0.3) is 5.91 Å². The number of amides is 1. The van der Waals surface area contributed by atoms with Crippen LogP contribution in [0.1, 0.15) is 29.0 Å². The van der Waals surface area contributed by atoms with Crippen LogP contribution in [-0.4, -0.2) is 40.4 Å². The van der Waals surface area contributed by atoms with Gasteiger partial charge in [0.2, 0.25) is 11.8 Å². The third-order valence-electron chi connectivity index (χ3n) is 3.56. The predicted molar refractivity (Wildman–Crippen MR) is 80.2 cm³/mol. The molecule has 0 aliphatic carbocycles. The maximum absolute atomic E-state index is 12.5. The normalized spacial score (nSPS) is 17.5. The number of alkyl halides is 3. The Kier molecular flexibility index (Phi) is 4.88. The molecule has 2 N–H and O–H groups in total. The number of carbonyl (C=O) groups excluding carboxylic acids is 1. The summed E-state index contributed by atoms with van der Waals surface area (Å²) in [5.41, 5.74) is 0.166. The topological polar surface area (TPSA) is 89.1 Å². The summed E-state index contributed by atoms with van der Waals surface area (Å²) in [4.78, 5) is 15.5. The van der Waals surface area contributed by atoms with E-state index in [1.807, 2.05) is 0 Å². The summed E-state index contributed by atoms with van der Waals surface area (Å²) < 4.78 is 48.6. The van der Waals surface area contributed by atoms with Crippen LogP contribution in [0.15, 0.2) is 24.3 Å². The number of nitrogens with zero attached hydrogens (tertiary/aromatic N) is 2. The SMILES string of the molecule is O=C(Nc1n[nH]c(C(F)(F)F)n1)c1ccccc1OCC1CCCO1. The summed E-state index contributed by atoms with van der Waals surface area (Å²) in [6.45, 7) is 0.978. The molecule has 0 bridgehead atoms. The van der Waals surface area contributed by atoms with Gasteiger partial charge in [-0.15, -0.1) is 5.10 Å². The van der Waals surface area contributed by atoms with E-state index in [-0.39, 0.29) is 11.7 Å². The average molecular weight is 356 g/mol. The maximum Gasteiger partial charge on any atom is 0.451 e. The second kappa shape index (κ2) is 7.09. The number of rotatable bonds is 5. The van der Waals surface area contributed by atoms with Gasteiger partial charge in [0.15, 0.2) is 0 Å². The molecule has 25 heavy (non-hydrogen) atoms. The van der Waals surface area contributed by atoms with Gasteiger partial charge in [-0.2, -0.15) is 18.2 Å². The van der Waals surface area contributed by atoms with Crippen molar-refractivity contribution in [3.05, 3.63) is 35.7 Å². The zero-order valence-electron chi connectivity index (χ0n) is 13.0. The summed E-state index contributed by atoms with van der Waals surface area (Å²) in [6, 6.07) is 6.41. The van der Waals surface area contributed by atoms with Gasteiger partial charge in [0, 0.05) is 6.61 Å². The minimum absolute atomic E-state index is 0.0292. The second-order valence-electron chi connectivity index (χ2n) is 5.40. The molecule has 2 heterocycles. The van der Waals surface area contributed by atoms with Crippen molar-refractivity contribution in [2.75, 3.05) is 18.5 Å². The largest absolute Gasteiger partial charge is 0.490 e. The average Bonchev–Trinajstić information content (AvgIpc) is 3.24. The summed E-state index contributed by atoms with van der Waals surface area (Å²) in [5, 5.41) is 7.28. The molecule has 1 atom stereocenters. The Hall–Kier alpha value is -2.62. The van der Waals surface area contributed by atoms with Gasteiger partial charge in [-0.05, 0) is 25.0 Å². The monoisotopic (exact) mass is 356 g/mol. The van der Waals surface area contributed by atoms with Crippen LogP contribution < -0.4 is 10.1 Å². The number of benzene rings is 1. The molecule has 10 heteroatoms. The minimum Gasteiger partial charge on any atom is -0.490 e. The van der Waals surface area contributed by atoms with Crippen molar-refractivity contribution in [2.45, 2.75) is 25.1 Å². The first-order valence-electron chi connectivity index (χ1n) is 7.58. The lowest BCUT2D eigenvalue weighted by molar-refractivity contribution is -0.144. The minimum atomic E-state index is -4.67. The molecule has 1 aliphatic heterocycles. The quantitative estimate of drug-likeness (QED) is 0.860. The molecule has 134 valence electrons. The summed E-state index contributed by atoms with van der Waals surface area (Å²) in [6.07, 6.45) is -2.86. The van der Waals surface area contributed by atoms with Crippen molar-refractivity contribution in [3.63, 3.8) is 0 Å². The van der Waals surface area contributed by atoms with E-state index in [0.717, 1.165) is 12.8 Å². The molecule has 1 fully saturated rings. The Labute approximate surface area is 140 Å². The lowest BCUT2D eigenvalue weighted by Crippen LogP contribution is -2.19. The molecule has 1 aromatic carbocycles. The summed E-state index contributed by atoms with van der Waals surface area (Å²) >= 11 is 0. The molecule has 1 unspecified atom stereocenters. The van der Waals surface area contributed by atoms with Gasteiger partial charge in [-0.25, -0.2) is 0 Å². The number of nitrogens with one attached hydrogen (secondary N) is 2. The highest BCUT2D eigenvalue weighted by Crippen LogP contribution is 2.26. The third kappa shape index (κ3) is 4.27. The highest BCUT2D eigenvalue weighted by molar-refractivity contribution is 6.05. The lowest BCUT2D eigenvalue weighted by atomic mass is 10.2. The number of hydrogen-bond donors (Lipinski definition) is 2. The van der Waals surface area contributed by atoms with Crippen LogP contribution in [0, 0.1) is 0 Å². The first kappa shape index (κ1) is 17.2. The number of hydrogen-bond acceptors (Lipinski definition) is 5. The fourth-order valence-corrected chi connectivity index (χ4v) is 2.35. The number of anilines is 1. The number of ether oxygens (including phenoxy) is 2. The lowest BCUT2D eigenvalue weighted by Gasteiger charge is -2.14. The Morgan fingerprint density at radius 2 is 2.20 bits per heavy atom. The van der Waals surface area contributed by atoms with Crippen molar-refractivity contribution in [2.24, 2.45) is 0 Å². The van der Waals surface area contributed by atoms with Crippen molar-refractivity contribution in [3.8, 4) is 5.75 Å². The number of aromatic amines is 1. The predicted octanol–water partition coefficient (Wildman–Crippen LogP) is 2.63. The fraction of sp³-hybridized carbons (Fsp3) is 0.400. The van der Waals surface area contributed by atoms with Crippen molar-refractivity contribution in [1.29, 1.82) is 0 Å². The number of para-hydroxylation sites is 1. The number of H-pyrrole nitrogens is 1. The van der Waals surface area contributed by atoms with Crippen molar-refractivity contribution >= 4 is 11.9 Å². The van der Waals surface area contributed by atoms with E-state index in [0.29, 0.717) is 19.0 Å². The maximum atomic E-state index is 12.5. The molecule has 0 saturated carbocycles. The van der Waals surface area contributed by atoms with Crippen LogP contribution in [0.25, 0.3) is 0 Å². The van der Waals surface area contributed by atoms with Gasteiger partial charge in [-0.1, -0.05) is 12.1 Å². The van der Waals surface area contributed by atoms with E-state index in [4.69, 9.17) is 9.47 Å². The molecule has 1 aromatic heterocycles. The van der Waals surface area contributed by atoms with Crippen LogP contribution in [0.3, 0.4) is 0 Å². The standard InChI is InChI=1S/C15H15F3N4O3/c16-15(17,18)13-20-14(22-21-13)19-12(23)10-5-1-2-6-11(10)25-8-9-4-3-7-24-9/h1-2,5-6,9H,3-4,7-8H2,(H2,19,20,21,22,23). The van der Waals surface area contributed by atoms with Gasteiger partial charge >= 0.3 is 6.18 Å². The van der Waals surface area contributed by atoms with Gasteiger partial charge in [0.1, 0.15) is 12.4 Å². The van der Waals surface area contributed by atoms with Crippen LogP contribution in [-0.2, 0) is 10.9 Å². The molecule has 7 nitrogen and oxygen atoms in total. The van der Waals surface area contributed by atoms with Gasteiger partial charge < -0.3 is 9.47 Å². The van der Waals surface area contributed by atoms with Gasteiger partial charge in [0.05, 0.1) is 11.7 Å².